The second-order valence-electron chi connectivity index (χ2n) is 7.39. The van der Waals surface area contributed by atoms with Gasteiger partial charge in [-0.05, 0) is 37.5 Å². The van der Waals surface area contributed by atoms with Crippen LogP contribution < -0.4 is 15.4 Å². The van der Waals surface area contributed by atoms with Crippen LogP contribution in [0.5, 0.6) is 5.75 Å². The average Bonchev–Trinajstić information content (AvgIpc) is 3.21. The van der Waals surface area contributed by atoms with Crippen molar-refractivity contribution < 1.29 is 13.9 Å². The Morgan fingerprint density at radius 3 is 2.90 bits per heavy atom. The normalized spacial score (nSPS) is 17.2. The van der Waals surface area contributed by atoms with Crippen LogP contribution in [0.25, 0.3) is 5.57 Å². The number of allylic oxidation sites excluding steroid dienone is 1. The summed E-state index contributed by atoms with van der Waals surface area (Å²) in [6.07, 6.45) is 2.61. The number of anilines is 2. The number of aromatic nitrogens is 2. The molecule has 3 heterocycles. The molecule has 0 atom stereocenters. The van der Waals surface area contributed by atoms with Gasteiger partial charge in [-0.3, -0.25) is 4.79 Å². The third-order valence-electron chi connectivity index (χ3n) is 5.23. The Morgan fingerprint density at radius 2 is 2.13 bits per heavy atom. The lowest BCUT2D eigenvalue weighted by molar-refractivity contribution is -0.132. The highest BCUT2D eigenvalue weighted by Crippen LogP contribution is 2.35. The fourth-order valence-corrected chi connectivity index (χ4v) is 3.53. The van der Waals surface area contributed by atoms with Crippen LogP contribution in [0.15, 0.2) is 42.4 Å². The first-order valence-corrected chi connectivity index (χ1v) is 10.3. The quantitative estimate of drug-likeness (QED) is 0.544. The molecule has 1 amide bonds. The number of amides is 1. The number of halogens is 1. The predicted octanol–water partition coefficient (Wildman–Crippen LogP) is 3.33. The number of likely N-dealkylation sites (tertiary alicyclic amines) is 1. The molecule has 2 aliphatic rings. The van der Waals surface area contributed by atoms with Crippen LogP contribution in [0, 0.1) is 11.3 Å². The summed E-state index contributed by atoms with van der Waals surface area (Å²) < 4.78 is 18.9. The van der Waals surface area contributed by atoms with Crippen molar-refractivity contribution in [1.82, 2.24) is 14.9 Å². The molecule has 1 aromatic carbocycles. The minimum atomic E-state index is -0.789. The maximum Gasteiger partial charge on any atom is 0.223 e. The van der Waals surface area contributed by atoms with Crippen molar-refractivity contribution in [3.63, 3.8) is 0 Å². The van der Waals surface area contributed by atoms with Gasteiger partial charge < -0.3 is 20.3 Å². The number of hydrogen-bond donors (Lipinski definition) is 2. The molecule has 0 aliphatic carbocycles. The summed E-state index contributed by atoms with van der Waals surface area (Å²) in [5.74, 6) is 1.39. The van der Waals surface area contributed by atoms with Crippen LogP contribution in [-0.2, 0) is 4.79 Å². The monoisotopic (exact) mass is 422 g/mol. The molecular weight excluding hydrogens is 399 g/mol. The lowest BCUT2D eigenvalue weighted by Gasteiger charge is -2.28. The molecule has 0 saturated carbocycles. The van der Waals surface area contributed by atoms with Gasteiger partial charge in [0.2, 0.25) is 17.7 Å². The van der Waals surface area contributed by atoms with Crippen LogP contribution in [0.4, 0.5) is 16.0 Å². The third kappa shape index (κ3) is 4.91. The molecule has 1 fully saturated rings. The molecule has 9 heteroatoms. The number of alkyl halides is 1. The molecule has 1 saturated heterocycles. The van der Waals surface area contributed by atoms with Gasteiger partial charge >= 0.3 is 0 Å². The number of carbonyl (C=O) groups excluding carboxylic acids is 1. The topological polar surface area (TPSA) is 103 Å². The number of nitriles is 1. The van der Waals surface area contributed by atoms with Gasteiger partial charge in [0.25, 0.3) is 0 Å². The Labute approximate surface area is 179 Å². The van der Waals surface area contributed by atoms with E-state index in [0.717, 1.165) is 5.69 Å². The summed E-state index contributed by atoms with van der Waals surface area (Å²) in [6, 6.07) is 11.2. The van der Waals surface area contributed by atoms with E-state index in [4.69, 9.17) is 4.74 Å². The fourth-order valence-electron chi connectivity index (χ4n) is 3.53. The van der Waals surface area contributed by atoms with E-state index < -0.39 is 6.17 Å². The molecule has 0 spiro atoms. The van der Waals surface area contributed by atoms with Crippen molar-refractivity contribution in [3.8, 4) is 11.8 Å². The standard InChI is InChI=1S/C22H23FN6O2/c23-15-8-12-29(13-9-15)20(30)6-3-10-25-22-26-11-7-17(28-22)16(14-24)21-27-18-4-1-2-5-19(18)31-21/h1-2,4-5,7,11,15,27H,3,6,8-10,12-13H2,(H,25,26,28). The van der Waals surface area contributed by atoms with E-state index in [0.29, 0.717) is 68.6 Å². The van der Waals surface area contributed by atoms with E-state index in [2.05, 4.69) is 26.7 Å². The molecule has 0 bridgehead atoms. The second-order valence-corrected chi connectivity index (χ2v) is 7.39. The van der Waals surface area contributed by atoms with E-state index in [-0.39, 0.29) is 11.5 Å². The zero-order valence-corrected chi connectivity index (χ0v) is 17.0. The smallest absolute Gasteiger partial charge is 0.223 e. The third-order valence-corrected chi connectivity index (χ3v) is 5.23. The zero-order valence-electron chi connectivity index (χ0n) is 17.0. The first-order chi connectivity index (χ1) is 15.1. The van der Waals surface area contributed by atoms with Gasteiger partial charge in [0.15, 0.2) is 5.75 Å². The van der Waals surface area contributed by atoms with Crippen LogP contribution in [0.2, 0.25) is 0 Å². The summed E-state index contributed by atoms with van der Waals surface area (Å²) >= 11 is 0. The van der Waals surface area contributed by atoms with Gasteiger partial charge in [0.05, 0.1) is 11.4 Å². The van der Waals surface area contributed by atoms with E-state index in [9.17, 15) is 14.4 Å². The number of fused-ring (bicyclic) bond motifs is 1. The fraction of sp³-hybridized carbons (Fsp3) is 0.364. The van der Waals surface area contributed by atoms with E-state index in [1.807, 2.05) is 24.3 Å². The Hall–Kier alpha value is -3.67. The minimum absolute atomic E-state index is 0.0453. The second kappa shape index (κ2) is 9.43. The highest BCUT2D eigenvalue weighted by atomic mass is 19.1. The molecular formula is C22H23FN6O2. The van der Waals surface area contributed by atoms with Crippen molar-refractivity contribution in [3.05, 3.63) is 48.1 Å². The number of ether oxygens (including phenoxy) is 1. The number of para-hydroxylation sites is 2. The highest BCUT2D eigenvalue weighted by molar-refractivity contribution is 5.81. The molecule has 0 unspecified atom stereocenters. The van der Waals surface area contributed by atoms with Crippen LogP contribution in [0.1, 0.15) is 31.4 Å². The van der Waals surface area contributed by atoms with Gasteiger partial charge in [0.1, 0.15) is 17.8 Å². The summed E-state index contributed by atoms with van der Waals surface area (Å²) in [7, 11) is 0. The zero-order chi connectivity index (χ0) is 21.6. The Balaban J connectivity index is 1.33. The molecule has 2 N–H and O–H groups in total. The van der Waals surface area contributed by atoms with E-state index >= 15 is 0 Å². The lowest BCUT2D eigenvalue weighted by Crippen LogP contribution is -2.39. The van der Waals surface area contributed by atoms with E-state index in [1.165, 1.54) is 0 Å². The lowest BCUT2D eigenvalue weighted by atomic mass is 10.1. The van der Waals surface area contributed by atoms with Crippen molar-refractivity contribution in [2.45, 2.75) is 31.9 Å². The average molecular weight is 422 g/mol. The van der Waals surface area contributed by atoms with Crippen molar-refractivity contribution in [2.75, 3.05) is 30.3 Å². The van der Waals surface area contributed by atoms with Gasteiger partial charge in [0, 0.05) is 32.3 Å². The van der Waals surface area contributed by atoms with Gasteiger partial charge in [-0.15, -0.1) is 0 Å². The first kappa shape index (κ1) is 20.6. The molecule has 4 rings (SSSR count). The number of rotatable bonds is 6. The van der Waals surface area contributed by atoms with E-state index in [1.54, 1.807) is 17.2 Å². The summed E-state index contributed by atoms with van der Waals surface area (Å²) in [4.78, 5) is 22.5. The Bertz CT molecular complexity index is 1000. The first-order valence-electron chi connectivity index (χ1n) is 10.3. The predicted molar refractivity (Wildman–Crippen MR) is 114 cm³/mol. The molecule has 2 aliphatic heterocycles. The van der Waals surface area contributed by atoms with Gasteiger partial charge in [-0.25, -0.2) is 14.4 Å². The highest BCUT2D eigenvalue weighted by Gasteiger charge is 2.23. The van der Waals surface area contributed by atoms with Crippen LogP contribution in [0.3, 0.4) is 0 Å². The maximum absolute atomic E-state index is 13.2. The number of hydrogen-bond acceptors (Lipinski definition) is 7. The van der Waals surface area contributed by atoms with Crippen LogP contribution in [-0.4, -0.2) is 46.6 Å². The molecule has 160 valence electrons. The number of benzene rings is 1. The summed E-state index contributed by atoms with van der Waals surface area (Å²) in [5.41, 5.74) is 1.49. The maximum atomic E-state index is 13.2. The largest absolute Gasteiger partial charge is 0.437 e. The summed E-state index contributed by atoms with van der Waals surface area (Å²) in [6.45, 7) is 1.49. The molecule has 0 radical (unpaired) electrons. The van der Waals surface area contributed by atoms with Gasteiger partial charge in [-0.1, -0.05) is 12.1 Å². The Morgan fingerprint density at radius 1 is 1.32 bits per heavy atom. The van der Waals surface area contributed by atoms with Crippen molar-refractivity contribution in [1.29, 1.82) is 5.26 Å². The minimum Gasteiger partial charge on any atom is -0.437 e. The number of nitrogens with one attached hydrogen (secondary N) is 2. The number of piperidine rings is 1. The molecule has 31 heavy (non-hydrogen) atoms. The van der Waals surface area contributed by atoms with Gasteiger partial charge in [-0.2, -0.15) is 5.26 Å². The van der Waals surface area contributed by atoms with Crippen LogP contribution >= 0.6 is 0 Å². The molecule has 2 aromatic rings. The molecule has 8 nitrogen and oxygen atoms in total. The number of nitrogens with zero attached hydrogens (tertiary/aromatic N) is 4. The van der Waals surface area contributed by atoms with Crippen molar-refractivity contribution in [2.24, 2.45) is 0 Å². The Kier molecular flexibility index (Phi) is 6.26. The van der Waals surface area contributed by atoms with Crippen molar-refractivity contribution >= 4 is 23.1 Å². The number of carbonyl (C=O) groups is 1. The SMILES string of the molecule is N#CC(=C1Nc2ccccc2O1)c1ccnc(NCCCC(=O)N2CCC(F)CC2)n1. The summed E-state index contributed by atoms with van der Waals surface area (Å²) in [5, 5.41) is 15.8. The molecule has 1 aromatic heterocycles.